The lowest BCUT2D eigenvalue weighted by Crippen LogP contribution is -2.52. The van der Waals surface area contributed by atoms with Crippen LogP contribution in [0.2, 0.25) is 0 Å². The molecule has 2 aromatic carbocycles. The third-order valence-electron chi connectivity index (χ3n) is 8.41. The Kier molecular flexibility index (Phi) is 6.85. The first kappa shape index (κ1) is 27.1. The highest BCUT2D eigenvalue weighted by Crippen LogP contribution is 2.41. The molecule has 2 aliphatic rings. The van der Waals surface area contributed by atoms with E-state index in [1.807, 2.05) is 32.0 Å². The molecule has 1 atom stereocenters. The molecule has 11 heteroatoms. The van der Waals surface area contributed by atoms with E-state index in [1.54, 1.807) is 7.11 Å². The van der Waals surface area contributed by atoms with Crippen LogP contribution in [0.5, 0.6) is 0 Å². The van der Waals surface area contributed by atoms with Gasteiger partial charge in [0.15, 0.2) is 11.6 Å². The molecule has 2 fully saturated rings. The van der Waals surface area contributed by atoms with Gasteiger partial charge in [-0.2, -0.15) is 0 Å². The largest absolute Gasteiger partial charge is 0.381 e. The molecule has 1 unspecified atom stereocenters. The van der Waals surface area contributed by atoms with Crippen LogP contribution >= 0.6 is 0 Å². The van der Waals surface area contributed by atoms with Gasteiger partial charge in [-0.3, -0.25) is 14.6 Å². The van der Waals surface area contributed by atoms with Gasteiger partial charge in [0.2, 0.25) is 5.91 Å². The normalized spacial score (nSPS) is 21.8. The van der Waals surface area contributed by atoms with Crippen LogP contribution in [0.3, 0.4) is 0 Å². The number of fused-ring (bicyclic) bond motifs is 1. The zero-order chi connectivity index (χ0) is 29.0. The Morgan fingerprint density at radius 3 is 2.41 bits per heavy atom. The Balaban J connectivity index is 1.53. The van der Waals surface area contributed by atoms with Crippen LogP contribution in [0.25, 0.3) is 22.2 Å². The summed E-state index contributed by atoms with van der Waals surface area (Å²) in [5.41, 5.74) is 4.24. The van der Waals surface area contributed by atoms with E-state index in [-0.39, 0.29) is 30.2 Å². The lowest BCUT2D eigenvalue weighted by Gasteiger charge is -2.39. The summed E-state index contributed by atoms with van der Waals surface area (Å²) < 4.78 is 41.3. The van der Waals surface area contributed by atoms with Crippen molar-refractivity contribution in [3.63, 3.8) is 0 Å². The zero-order valence-corrected chi connectivity index (χ0v) is 23.4. The fraction of sp³-hybridized carbons (Fsp3) is 0.400. The summed E-state index contributed by atoms with van der Waals surface area (Å²) >= 11 is 0. The fourth-order valence-electron chi connectivity index (χ4n) is 6.25. The molecule has 0 radical (unpaired) electrons. The van der Waals surface area contributed by atoms with Crippen LogP contribution in [0.15, 0.2) is 40.9 Å². The summed E-state index contributed by atoms with van der Waals surface area (Å²) in [6.45, 7) is 3.73. The van der Waals surface area contributed by atoms with E-state index in [1.165, 1.54) is 18.0 Å². The molecular weight excluding hydrogens is 532 g/mol. The number of aryl methyl sites for hydroxylation is 2. The molecule has 214 valence electrons. The smallest absolute Gasteiger partial charge is 0.331 e. The maximum atomic E-state index is 14.4. The minimum Gasteiger partial charge on any atom is -0.381 e. The number of hydrogen-bond acceptors (Lipinski definition) is 6. The predicted molar refractivity (Wildman–Crippen MR) is 147 cm³/mol. The first-order valence-corrected chi connectivity index (χ1v) is 13.7. The SMILES string of the molecule is CO[C@H]1CC[C@H](n2c(C3CC(=O)N(C)C(=O)N3c3ccc(F)c(F)c3)nc3cc(-c4c(C)noc4C)ccc32)CC1. The first-order valence-electron chi connectivity index (χ1n) is 13.7. The van der Waals surface area contributed by atoms with Gasteiger partial charge in [0.1, 0.15) is 17.6 Å². The van der Waals surface area contributed by atoms with Gasteiger partial charge < -0.3 is 13.8 Å². The number of methoxy groups -OCH3 is 1. The molecule has 9 nitrogen and oxygen atoms in total. The molecule has 41 heavy (non-hydrogen) atoms. The van der Waals surface area contributed by atoms with Gasteiger partial charge in [0.05, 0.1) is 29.3 Å². The molecule has 1 saturated carbocycles. The van der Waals surface area contributed by atoms with Crippen LogP contribution in [0.1, 0.15) is 61.5 Å². The summed E-state index contributed by atoms with van der Waals surface area (Å²) in [6.07, 6.45) is 3.46. The van der Waals surface area contributed by atoms with E-state index in [0.29, 0.717) is 17.1 Å². The molecule has 6 rings (SSSR count). The number of benzene rings is 2. The van der Waals surface area contributed by atoms with Crippen molar-refractivity contribution in [1.29, 1.82) is 0 Å². The van der Waals surface area contributed by atoms with Crippen molar-refractivity contribution in [3.8, 4) is 11.1 Å². The van der Waals surface area contributed by atoms with Gasteiger partial charge in [0, 0.05) is 37.5 Å². The molecule has 2 aromatic heterocycles. The predicted octanol–water partition coefficient (Wildman–Crippen LogP) is 6.25. The minimum absolute atomic E-state index is 0.0444. The van der Waals surface area contributed by atoms with E-state index in [4.69, 9.17) is 14.2 Å². The van der Waals surface area contributed by atoms with Crippen LogP contribution < -0.4 is 4.90 Å². The molecule has 1 aliphatic heterocycles. The Morgan fingerprint density at radius 1 is 1.00 bits per heavy atom. The molecular formula is C30H31F2N5O4. The van der Waals surface area contributed by atoms with Crippen molar-refractivity contribution in [2.24, 2.45) is 0 Å². The standard InChI is InChI=1S/C30H31F2N5O4/c1-16-28(17(2)41-34-16)18-5-12-25-24(13-18)33-29(36(25)19-6-9-21(40-4)10-7-19)26-15-27(38)35(3)30(39)37(26)20-8-11-22(31)23(32)14-20/h5,8,11-14,19,21,26H,6-7,9-10,15H2,1-4H3/t19-,21-,26?. The molecule has 0 spiro atoms. The Labute approximate surface area is 235 Å². The van der Waals surface area contributed by atoms with Crippen LogP contribution in [0.4, 0.5) is 19.3 Å². The number of nitrogens with zero attached hydrogens (tertiary/aromatic N) is 5. The molecule has 3 heterocycles. The van der Waals surface area contributed by atoms with Gasteiger partial charge >= 0.3 is 6.03 Å². The lowest BCUT2D eigenvalue weighted by molar-refractivity contribution is -0.128. The van der Waals surface area contributed by atoms with Gasteiger partial charge in [-0.05, 0) is 69.4 Å². The average molecular weight is 564 g/mol. The van der Waals surface area contributed by atoms with Crippen LogP contribution in [-0.2, 0) is 9.53 Å². The first-order chi connectivity index (χ1) is 19.7. The Hall–Kier alpha value is -4.12. The monoisotopic (exact) mass is 563 g/mol. The van der Waals surface area contributed by atoms with Crippen LogP contribution in [0, 0.1) is 25.5 Å². The molecule has 0 bridgehead atoms. The van der Waals surface area contributed by atoms with Crippen LogP contribution in [-0.4, -0.2) is 51.8 Å². The van der Waals surface area contributed by atoms with E-state index in [2.05, 4.69) is 9.72 Å². The third-order valence-corrected chi connectivity index (χ3v) is 8.41. The summed E-state index contributed by atoms with van der Waals surface area (Å²) in [7, 11) is 3.10. The zero-order valence-electron chi connectivity index (χ0n) is 23.4. The number of rotatable bonds is 5. The van der Waals surface area contributed by atoms with E-state index >= 15 is 0 Å². The topological polar surface area (TPSA) is 93.7 Å². The number of urea groups is 1. The highest BCUT2D eigenvalue weighted by atomic mass is 19.2. The van der Waals surface area contributed by atoms with Gasteiger partial charge in [-0.25, -0.2) is 18.6 Å². The maximum Gasteiger partial charge on any atom is 0.331 e. The van der Waals surface area contributed by atoms with Crippen molar-refractivity contribution in [2.45, 2.75) is 64.1 Å². The highest BCUT2D eigenvalue weighted by molar-refractivity contribution is 6.06. The van der Waals surface area contributed by atoms with Crippen molar-refractivity contribution < 1.29 is 27.6 Å². The summed E-state index contributed by atoms with van der Waals surface area (Å²) in [5.74, 6) is -1.26. The van der Waals surface area contributed by atoms with E-state index in [0.717, 1.165) is 65.1 Å². The number of hydrogen-bond donors (Lipinski definition) is 0. The van der Waals surface area contributed by atoms with Crippen molar-refractivity contribution >= 4 is 28.7 Å². The Bertz CT molecular complexity index is 1640. The number of amides is 3. The summed E-state index contributed by atoms with van der Waals surface area (Å²) in [4.78, 5) is 33.9. The van der Waals surface area contributed by atoms with Crippen molar-refractivity contribution in [2.75, 3.05) is 19.1 Å². The fourth-order valence-corrected chi connectivity index (χ4v) is 6.25. The third kappa shape index (κ3) is 4.57. The second kappa shape index (κ2) is 10.4. The van der Waals surface area contributed by atoms with E-state index < -0.39 is 23.7 Å². The summed E-state index contributed by atoms with van der Waals surface area (Å²) in [5, 5.41) is 4.08. The summed E-state index contributed by atoms with van der Waals surface area (Å²) in [6, 6.07) is 7.85. The molecule has 3 amide bonds. The number of halogens is 2. The molecule has 1 aliphatic carbocycles. The van der Waals surface area contributed by atoms with Gasteiger partial charge in [-0.1, -0.05) is 11.2 Å². The number of aromatic nitrogens is 3. The Morgan fingerprint density at radius 2 is 1.76 bits per heavy atom. The second-order valence-corrected chi connectivity index (χ2v) is 10.8. The number of imidazole rings is 1. The van der Waals surface area contributed by atoms with Gasteiger partial charge in [0.25, 0.3) is 0 Å². The number of anilines is 1. The lowest BCUT2D eigenvalue weighted by atomic mass is 9.92. The molecule has 4 aromatic rings. The quantitative estimate of drug-likeness (QED) is 0.285. The van der Waals surface area contributed by atoms with E-state index in [9.17, 15) is 18.4 Å². The average Bonchev–Trinajstić information content (AvgIpc) is 3.51. The molecule has 1 saturated heterocycles. The van der Waals surface area contributed by atoms with Crippen molar-refractivity contribution in [3.05, 3.63) is 65.3 Å². The molecule has 0 N–H and O–H groups in total. The highest BCUT2D eigenvalue weighted by Gasteiger charge is 2.42. The number of carbonyl (C=O) groups excluding carboxylic acids is 2. The van der Waals surface area contributed by atoms with Crippen molar-refractivity contribution in [1.82, 2.24) is 19.6 Å². The number of ether oxygens (including phenoxy) is 1. The maximum absolute atomic E-state index is 14.4. The van der Waals surface area contributed by atoms with Gasteiger partial charge in [-0.15, -0.1) is 0 Å². The minimum atomic E-state index is -1.08. The number of carbonyl (C=O) groups is 2. The number of imide groups is 1. The second-order valence-electron chi connectivity index (χ2n) is 10.8.